The van der Waals surface area contributed by atoms with Crippen molar-refractivity contribution in [2.24, 2.45) is 0 Å². The van der Waals surface area contributed by atoms with Gasteiger partial charge in [-0.2, -0.15) is 0 Å². The molecule has 0 radical (unpaired) electrons. The lowest BCUT2D eigenvalue weighted by atomic mass is 10.1. The summed E-state index contributed by atoms with van der Waals surface area (Å²) in [5.41, 5.74) is 8.27. The van der Waals surface area contributed by atoms with Gasteiger partial charge in [0.2, 0.25) is 0 Å². The number of piperidine rings is 1. The average molecular weight is 248 g/mol. The Bertz CT molecular complexity index is 426. The Labute approximate surface area is 108 Å². The van der Waals surface area contributed by atoms with Crippen molar-refractivity contribution in [1.82, 2.24) is 4.90 Å². The predicted octanol–water partition coefficient (Wildman–Crippen LogP) is 2.04. The molecular weight excluding hydrogens is 228 g/mol. The van der Waals surface area contributed by atoms with Crippen LogP contribution in [0, 0.1) is 0 Å². The molecule has 1 aromatic carbocycles. The topological polar surface area (TPSA) is 55.6 Å². The third kappa shape index (κ3) is 3.01. The number of nitrogens with two attached hydrogens (primary N) is 1. The Balaban J connectivity index is 2.07. The summed E-state index contributed by atoms with van der Waals surface area (Å²) in [4.78, 5) is 13.8. The van der Waals surface area contributed by atoms with Crippen LogP contribution in [-0.4, -0.2) is 31.1 Å². The zero-order valence-electron chi connectivity index (χ0n) is 10.8. The first-order valence-electron chi connectivity index (χ1n) is 6.40. The Kier molecular flexibility index (Phi) is 4.20. The fourth-order valence-corrected chi connectivity index (χ4v) is 2.34. The van der Waals surface area contributed by atoms with Gasteiger partial charge in [-0.25, -0.2) is 4.79 Å². The predicted molar refractivity (Wildman–Crippen MR) is 71.3 cm³/mol. The number of esters is 1. The molecule has 1 aliphatic heterocycles. The van der Waals surface area contributed by atoms with Crippen molar-refractivity contribution < 1.29 is 9.53 Å². The zero-order valence-corrected chi connectivity index (χ0v) is 10.8. The van der Waals surface area contributed by atoms with Gasteiger partial charge in [0.05, 0.1) is 12.7 Å². The van der Waals surface area contributed by atoms with E-state index in [-0.39, 0.29) is 5.97 Å². The first kappa shape index (κ1) is 12.9. The number of methoxy groups -OCH3 is 1. The van der Waals surface area contributed by atoms with E-state index in [1.165, 1.54) is 26.4 Å². The number of hydrogen-bond donors (Lipinski definition) is 1. The van der Waals surface area contributed by atoms with Gasteiger partial charge in [0.15, 0.2) is 0 Å². The van der Waals surface area contributed by atoms with Crippen LogP contribution < -0.4 is 5.73 Å². The third-order valence-electron chi connectivity index (χ3n) is 3.41. The molecule has 0 aliphatic carbocycles. The Morgan fingerprint density at radius 3 is 2.67 bits per heavy atom. The number of hydrogen-bond acceptors (Lipinski definition) is 4. The molecule has 0 spiro atoms. The van der Waals surface area contributed by atoms with Crippen molar-refractivity contribution in [3.05, 3.63) is 29.3 Å². The lowest BCUT2D eigenvalue weighted by Crippen LogP contribution is -2.29. The van der Waals surface area contributed by atoms with Crippen molar-refractivity contribution in [3.8, 4) is 0 Å². The van der Waals surface area contributed by atoms with E-state index in [1.54, 1.807) is 12.1 Å². The number of likely N-dealkylation sites (tertiary alicyclic amines) is 1. The zero-order chi connectivity index (χ0) is 13.0. The largest absolute Gasteiger partial charge is 0.465 e. The molecule has 1 fully saturated rings. The Hall–Kier alpha value is -1.55. The van der Waals surface area contributed by atoms with E-state index < -0.39 is 0 Å². The van der Waals surface area contributed by atoms with Gasteiger partial charge in [0, 0.05) is 12.2 Å². The summed E-state index contributed by atoms with van der Waals surface area (Å²) in [7, 11) is 1.38. The standard InChI is InChI=1S/C14H20N2O2/c1-18-14(17)11-5-6-12(13(15)9-11)10-16-7-3-2-4-8-16/h5-6,9H,2-4,7-8,10,15H2,1H3. The second-order valence-corrected chi connectivity index (χ2v) is 4.74. The maximum atomic E-state index is 11.4. The fourth-order valence-electron chi connectivity index (χ4n) is 2.34. The molecule has 2 rings (SSSR count). The monoisotopic (exact) mass is 248 g/mol. The van der Waals surface area contributed by atoms with Crippen LogP contribution in [0.4, 0.5) is 5.69 Å². The molecule has 98 valence electrons. The van der Waals surface area contributed by atoms with Crippen LogP contribution in [0.1, 0.15) is 35.2 Å². The van der Waals surface area contributed by atoms with Crippen LogP contribution in [0.2, 0.25) is 0 Å². The minimum Gasteiger partial charge on any atom is -0.465 e. The summed E-state index contributed by atoms with van der Waals surface area (Å²) in [5.74, 6) is -0.341. The lowest BCUT2D eigenvalue weighted by molar-refractivity contribution is 0.0601. The minimum atomic E-state index is -0.341. The van der Waals surface area contributed by atoms with Crippen molar-refractivity contribution in [1.29, 1.82) is 0 Å². The maximum absolute atomic E-state index is 11.4. The number of ether oxygens (including phenoxy) is 1. The molecule has 0 atom stereocenters. The Morgan fingerprint density at radius 2 is 2.06 bits per heavy atom. The Morgan fingerprint density at radius 1 is 1.33 bits per heavy atom. The van der Waals surface area contributed by atoms with Gasteiger partial charge in [-0.1, -0.05) is 12.5 Å². The van der Waals surface area contributed by atoms with Crippen LogP contribution in [0.5, 0.6) is 0 Å². The van der Waals surface area contributed by atoms with E-state index >= 15 is 0 Å². The highest BCUT2D eigenvalue weighted by Crippen LogP contribution is 2.19. The van der Waals surface area contributed by atoms with E-state index in [2.05, 4.69) is 9.64 Å². The van der Waals surface area contributed by atoms with Crippen LogP contribution in [0.15, 0.2) is 18.2 Å². The summed E-state index contributed by atoms with van der Waals surface area (Å²) in [6, 6.07) is 5.41. The smallest absolute Gasteiger partial charge is 0.337 e. The number of rotatable bonds is 3. The second-order valence-electron chi connectivity index (χ2n) is 4.74. The molecule has 0 bridgehead atoms. The summed E-state index contributed by atoms with van der Waals surface area (Å²) in [5, 5.41) is 0. The van der Waals surface area contributed by atoms with E-state index in [0.717, 1.165) is 25.2 Å². The van der Waals surface area contributed by atoms with Crippen LogP contribution in [-0.2, 0) is 11.3 Å². The molecule has 1 aromatic rings. The molecule has 0 aromatic heterocycles. The summed E-state index contributed by atoms with van der Waals surface area (Å²) >= 11 is 0. The number of carbonyl (C=O) groups is 1. The van der Waals surface area contributed by atoms with Crippen molar-refractivity contribution in [2.45, 2.75) is 25.8 Å². The third-order valence-corrected chi connectivity index (χ3v) is 3.41. The number of benzene rings is 1. The van der Waals surface area contributed by atoms with Gasteiger partial charge >= 0.3 is 5.97 Å². The first-order chi connectivity index (χ1) is 8.70. The number of nitrogen functional groups attached to an aromatic ring is 1. The quantitative estimate of drug-likeness (QED) is 0.657. The van der Waals surface area contributed by atoms with Gasteiger partial charge < -0.3 is 10.5 Å². The molecular formula is C14H20N2O2. The van der Waals surface area contributed by atoms with Gasteiger partial charge in [-0.3, -0.25) is 4.90 Å². The molecule has 1 heterocycles. The second kappa shape index (κ2) is 5.87. The number of anilines is 1. The van der Waals surface area contributed by atoms with Crippen LogP contribution in [0.25, 0.3) is 0 Å². The molecule has 0 amide bonds. The normalized spacial score (nSPS) is 16.5. The summed E-state index contributed by atoms with van der Waals surface area (Å²) in [6.07, 6.45) is 3.85. The molecule has 2 N–H and O–H groups in total. The highest BCUT2D eigenvalue weighted by Gasteiger charge is 2.13. The molecule has 1 aliphatic rings. The highest BCUT2D eigenvalue weighted by molar-refractivity contribution is 5.90. The van der Waals surface area contributed by atoms with Crippen molar-refractivity contribution in [2.75, 3.05) is 25.9 Å². The van der Waals surface area contributed by atoms with Crippen LogP contribution in [0.3, 0.4) is 0 Å². The van der Waals surface area contributed by atoms with E-state index in [9.17, 15) is 4.79 Å². The van der Waals surface area contributed by atoms with Crippen LogP contribution >= 0.6 is 0 Å². The molecule has 0 saturated carbocycles. The van der Waals surface area contributed by atoms with Gasteiger partial charge in [-0.05, 0) is 43.6 Å². The van der Waals surface area contributed by atoms with Gasteiger partial charge in [-0.15, -0.1) is 0 Å². The van der Waals surface area contributed by atoms with Crippen molar-refractivity contribution >= 4 is 11.7 Å². The highest BCUT2D eigenvalue weighted by atomic mass is 16.5. The number of nitrogens with zero attached hydrogens (tertiary/aromatic N) is 1. The van der Waals surface area contributed by atoms with E-state index in [4.69, 9.17) is 5.73 Å². The molecule has 4 nitrogen and oxygen atoms in total. The van der Waals surface area contributed by atoms with Crippen molar-refractivity contribution in [3.63, 3.8) is 0 Å². The summed E-state index contributed by atoms with van der Waals surface area (Å²) in [6.45, 7) is 3.14. The minimum absolute atomic E-state index is 0.341. The average Bonchev–Trinajstić information content (AvgIpc) is 2.41. The van der Waals surface area contributed by atoms with E-state index in [1.807, 2.05) is 6.07 Å². The molecule has 1 saturated heterocycles. The van der Waals surface area contributed by atoms with Gasteiger partial charge in [0.1, 0.15) is 0 Å². The number of carbonyl (C=O) groups excluding carboxylic acids is 1. The first-order valence-corrected chi connectivity index (χ1v) is 6.40. The lowest BCUT2D eigenvalue weighted by Gasteiger charge is -2.26. The fraction of sp³-hybridized carbons (Fsp3) is 0.500. The van der Waals surface area contributed by atoms with Gasteiger partial charge in [0.25, 0.3) is 0 Å². The molecule has 4 heteroatoms. The molecule has 0 unspecified atom stereocenters. The van der Waals surface area contributed by atoms with E-state index in [0.29, 0.717) is 11.3 Å². The summed E-state index contributed by atoms with van der Waals surface area (Å²) < 4.78 is 4.68. The molecule has 18 heavy (non-hydrogen) atoms. The SMILES string of the molecule is COC(=O)c1ccc(CN2CCCCC2)c(N)c1. The maximum Gasteiger partial charge on any atom is 0.337 e.